The van der Waals surface area contributed by atoms with E-state index < -0.39 is 0 Å². The topological polar surface area (TPSA) is 56.8 Å². The van der Waals surface area contributed by atoms with Crippen LogP contribution in [-0.2, 0) is 19.0 Å². The molecule has 0 unspecified atom stereocenters. The minimum absolute atomic E-state index is 0.0917. The molecule has 96 valence electrons. The Balaban J connectivity index is 3.17. The molecule has 5 heteroatoms. The molecule has 0 saturated heterocycles. The number of carbonyl (C=O) groups is 1. The van der Waals surface area contributed by atoms with Crippen molar-refractivity contribution in [1.29, 1.82) is 0 Å². The summed E-state index contributed by atoms with van der Waals surface area (Å²) in [6, 6.07) is 0. The molecule has 0 radical (unpaired) electrons. The van der Waals surface area contributed by atoms with Crippen molar-refractivity contribution in [3.05, 3.63) is 0 Å². The van der Waals surface area contributed by atoms with E-state index in [0.29, 0.717) is 26.4 Å². The predicted octanol–water partition coefficient (Wildman–Crippen LogP) is 0.581. The molecular weight excluding hydrogens is 210 g/mol. The molecule has 0 heterocycles. The molecule has 0 bridgehead atoms. The predicted molar refractivity (Wildman–Crippen MR) is 61.4 cm³/mol. The maximum Gasteiger partial charge on any atom is 0.246 e. The SMILES string of the molecule is COCCOCC(=O)NCCCOC(C)C. The molecule has 5 nitrogen and oxygen atoms in total. The van der Waals surface area contributed by atoms with Crippen molar-refractivity contribution in [2.45, 2.75) is 26.4 Å². The molecule has 0 atom stereocenters. The van der Waals surface area contributed by atoms with Gasteiger partial charge in [0.2, 0.25) is 5.91 Å². The van der Waals surface area contributed by atoms with E-state index in [1.165, 1.54) is 0 Å². The first-order chi connectivity index (χ1) is 7.66. The monoisotopic (exact) mass is 233 g/mol. The summed E-state index contributed by atoms with van der Waals surface area (Å²) < 4.78 is 15.2. The molecule has 0 fully saturated rings. The van der Waals surface area contributed by atoms with Gasteiger partial charge in [0.05, 0.1) is 19.3 Å². The second-order valence-electron chi connectivity index (χ2n) is 3.67. The summed E-state index contributed by atoms with van der Waals surface area (Å²) in [4.78, 5) is 11.2. The Bertz CT molecular complexity index is 173. The van der Waals surface area contributed by atoms with Gasteiger partial charge in [-0.15, -0.1) is 0 Å². The van der Waals surface area contributed by atoms with Crippen LogP contribution in [0.3, 0.4) is 0 Å². The Morgan fingerprint density at radius 3 is 2.62 bits per heavy atom. The van der Waals surface area contributed by atoms with Crippen LogP contribution in [-0.4, -0.2) is 52.1 Å². The zero-order chi connectivity index (χ0) is 12.2. The van der Waals surface area contributed by atoms with Gasteiger partial charge in [0, 0.05) is 20.3 Å². The molecular formula is C11H23NO4. The van der Waals surface area contributed by atoms with Crippen LogP contribution in [0.25, 0.3) is 0 Å². The molecule has 16 heavy (non-hydrogen) atoms. The molecule has 0 aliphatic carbocycles. The zero-order valence-corrected chi connectivity index (χ0v) is 10.5. The number of methoxy groups -OCH3 is 1. The van der Waals surface area contributed by atoms with Crippen LogP contribution in [0.15, 0.2) is 0 Å². The van der Waals surface area contributed by atoms with E-state index in [-0.39, 0.29) is 18.6 Å². The lowest BCUT2D eigenvalue weighted by Crippen LogP contribution is -2.29. The summed E-state index contributed by atoms with van der Waals surface area (Å²) in [5, 5.41) is 2.75. The first-order valence-electron chi connectivity index (χ1n) is 5.61. The molecule has 0 aromatic heterocycles. The van der Waals surface area contributed by atoms with Crippen molar-refractivity contribution in [3.8, 4) is 0 Å². The quantitative estimate of drug-likeness (QED) is 0.561. The Morgan fingerprint density at radius 2 is 2.00 bits per heavy atom. The van der Waals surface area contributed by atoms with E-state index in [1.54, 1.807) is 7.11 Å². The van der Waals surface area contributed by atoms with Crippen LogP contribution in [0.2, 0.25) is 0 Å². The summed E-state index contributed by atoms with van der Waals surface area (Å²) in [7, 11) is 1.60. The van der Waals surface area contributed by atoms with E-state index >= 15 is 0 Å². The maximum atomic E-state index is 11.2. The van der Waals surface area contributed by atoms with E-state index in [0.717, 1.165) is 6.42 Å². The molecule has 0 aromatic carbocycles. The lowest BCUT2D eigenvalue weighted by Gasteiger charge is -2.08. The molecule has 1 amide bonds. The average molecular weight is 233 g/mol. The van der Waals surface area contributed by atoms with Crippen LogP contribution in [0, 0.1) is 0 Å². The van der Waals surface area contributed by atoms with Crippen molar-refractivity contribution in [1.82, 2.24) is 5.32 Å². The van der Waals surface area contributed by atoms with Gasteiger partial charge in [0.1, 0.15) is 6.61 Å². The number of amides is 1. The fourth-order valence-corrected chi connectivity index (χ4v) is 0.977. The molecule has 1 N–H and O–H groups in total. The number of rotatable bonds is 10. The Kier molecular flexibility index (Phi) is 10.4. The molecule has 0 aliphatic heterocycles. The van der Waals surface area contributed by atoms with Gasteiger partial charge in [-0.1, -0.05) is 0 Å². The second-order valence-corrected chi connectivity index (χ2v) is 3.67. The summed E-state index contributed by atoms with van der Waals surface area (Å²) in [5.74, 6) is -0.0966. The summed E-state index contributed by atoms with van der Waals surface area (Å²) in [6.07, 6.45) is 1.07. The third-order valence-corrected chi connectivity index (χ3v) is 1.76. The minimum Gasteiger partial charge on any atom is -0.382 e. The van der Waals surface area contributed by atoms with Gasteiger partial charge < -0.3 is 19.5 Å². The molecule has 0 aliphatic rings. The highest BCUT2D eigenvalue weighted by atomic mass is 16.5. The normalized spacial score (nSPS) is 10.8. The van der Waals surface area contributed by atoms with Crippen LogP contribution < -0.4 is 5.32 Å². The Morgan fingerprint density at radius 1 is 1.25 bits per heavy atom. The highest BCUT2D eigenvalue weighted by Gasteiger charge is 2.00. The van der Waals surface area contributed by atoms with Gasteiger partial charge in [-0.3, -0.25) is 4.79 Å². The van der Waals surface area contributed by atoms with Crippen molar-refractivity contribution in [2.24, 2.45) is 0 Å². The summed E-state index contributed by atoms with van der Waals surface area (Å²) in [5.41, 5.74) is 0. The highest BCUT2D eigenvalue weighted by molar-refractivity contribution is 5.77. The third kappa shape index (κ3) is 11.4. The fourth-order valence-electron chi connectivity index (χ4n) is 0.977. The number of ether oxygens (including phenoxy) is 3. The fraction of sp³-hybridized carbons (Fsp3) is 0.909. The highest BCUT2D eigenvalue weighted by Crippen LogP contribution is 1.89. The number of hydrogen-bond donors (Lipinski definition) is 1. The molecule has 0 aromatic rings. The van der Waals surface area contributed by atoms with Crippen molar-refractivity contribution >= 4 is 5.91 Å². The Labute approximate surface area is 97.4 Å². The van der Waals surface area contributed by atoms with Crippen molar-refractivity contribution < 1.29 is 19.0 Å². The zero-order valence-electron chi connectivity index (χ0n) is 10.5. The van der Waals surface area contributed by atoms with Gasteiger partial charge in [0.15, 0.2) is 0 Å². The number of carbonyl (C=O) groups excluding carboxylic acids is 1. The Hall–Kier alpha value is -0.650. The van der Waals surface area contributed by atoms with Crippen molar-refractivity contribution in [3.63, 3.8) is 0 Å². The van der Waals surface area contributed by atoms with Crippen molar-refractivity contribution in [2.75, 3.05) is 40.1 Å². The van der Waals surface area contributed by atoms with Crippen LogP contribution in [0.4, 0.5) is 0 Å². The third-order valence-electron chi connectivity index (χ3n) is 1.76. The summed E-state index contributed by atoms with van der Waals surface area (Å²) >= 11 is 0. The van der Waals surface area contributed by atoms with Gasteiger partial charge in [-0.25, -0.2) is 0 Å². The lowest BCUT2D eigenvalue weighted by atomic mass is 10.4. The van der Waals surface area contributed by atoms with Crippen LogP contribution in [0.5, 0.6) is 0 Å². The smallest absolute Gasteiger partial charge is 0.246 e. The van der Waals surface area contributed by atoms with Crippen LogP contribution in [0.1, 0.15) is 20.3 Å². The average Bonchev–Trinajstić information content (AvgIpc) is 2.23. The standard InChI is InChI=1S/C11H23NO4/c1-10(2)16-6-4-5-12-11(13)9-15-8-7-14-3/h10H,4-9H2,1-3H3,(H,12,13). The minimum atomic E-state index is -0.0966. The van der Waals surface area contributed by atoms with E-state index in [4.69, 9.17) is 14.2 Å². The van der Waals surface area contributed by atoms with E-state index in [9.17, 15) is 4.79 Å². The summed E-state index contributed by atoms with van der Waals surface area (Å²) in [6.45, 7) is 6.32. The van der Waals surface area contributed by atoms with Gasteiger partial charge in [-0.05, 0) is 20.3 Å². The second kappa shape index (κ2) is 10.9. The molecule has 0 rings (SSSR count). The number of nitrogens with one attached hydrogen (secondary N) is 1. The van der Waals surface area contributed by atoms with Gasteiger partial charge in [0.25, 0.3) is 0 Å². The first kappa shape index (κ1) is 15.3. The van der Waals surface area contributed by atoms with Crippen LogP contribution >= 0.6 is 0 Å². The number of hydrogen-bond acceptors (Lipinski definition) is 4. The maximum absolute atomic E-state index is 11.2. The first-order valence-corrected chi connectivity index (χ1v) is 5.61. The van der Waals surface area contributed by atoms with E-state index in [1.807, 2.05) is 13.8 Å². The largest absolute Gasteiger partial charge is 0.382 e. The molecule has 0 spiro atoms. The molecule has 0 saturated carbocycles. The lowest BCUT2D eigenvalue weighted by molar-refractivity contribution is -0.126. The van der Waals surface area contributed by atoms with E-state index in [2.05, 4.69) is 5.32 Å². The van der Waals surface area contributed by atoms with Gasteiger partial charge in [-0.2, -0.15) is 0 Å². The van der Waals surface area contributed by atoms with Gasteiger partial charge >= 0.3 is 0 Å².